The van der Waals surface area contributed by atoms with E-state index in [9.17, 15) is 4.79 Å². The molecule has 1 unspecified atom stereocenters. The van der Waals surface area contributed by atoms with Gasteiger partial charge in [0.25, 0.3) is 0 Å². The van der Waals surface area contributed by atoms with Crippen molar-refractivity contribution in [3.63, 3.8) is 0 Å². The number of ether oxygens (including phenoxy) is 1. The van der Waals surface area contributed by atoms with E-state index in [0.717, 1.165) is 10.5 Å². The molecule has 0 saturated carbocycles. The summed E-state index contributed by atoms with van der Waals surface area (Å²) in [5, 5.41) is 2.89. The van der Waals surface area contributed by atoms with Crippen LogP contribution in [0.1, 0.15) is 19.4 Å². The summed E-state index contributed by atoms with van der Waals surface area (Å²) in [6.45, 7) is 5.10. The van der Waals surface area contributed by atoms with Gasteiger partial charge in [-0.25, -0.2) is 0 Å². The molecule has 1 rings (SSSR count). The van der Waals surface area contributed by atoms with Crippen LogP contribution in [0, 0.1) is 0 Å². The van der Waals surface area contributed by atoms with Gasteiger partial charge >= 0.3 is 0 Å². The standard InChI is InChI=1S/C13H19NO2S/c1-3-16-9-10(2)14-13(15)8-11-4-6-12(17)7-5-11/h4-7,10,17H,3,8-9H2,1-2H3,(H,14,15). The van der Waals surface area contributed by atoms with E-state index in [2.05, 4.69) is 17.9 Å². The SMILES string of the molecule is CCOCC(C)NC(=O)Cc1ccc(S)cc1. The van der Waals surface area contributed by atoms with Crippen LogP contribution in [0.15, 0.2) is 29.2 Å². The first-order chi connectivity index (χ1) is 8.11. The Bertz CT molecular complexity index is 351. The van der Waals surface area contributed by atoms with E-state index >= 15 is 0 Å². The summed E-state index contributed by atoms with van der Waals surface area (Å²) in [4.78, 5) is 12.6. The van der Waals surface area contributed by atoms with Gasteiger partial charge in [-0.05, 0) is 31.5 Å². The van der Waals surface area contributed by atoms with Crippen molar-refractivity contribution in [1.29, 1.82) is 0 Å². The monoisotopic (exact) mass is 253 g/mol. The van der Waals surface area contributed by atoms with Gasteiger partial charge in [-0.2, -0.15) is 0 Å². The zero-order valence-electron chi connectivity index (χ0n) is 10.3. The van der Waals surface area contributed by atoms with E-state index in [1.54, 1.807) is 0 Å². The molecule has 3 nitrogen and oxygen atoms in total. The van der Waals surface area contributed by atoms with Gasteiger partial charge in [0.15, 0.2) is 0 Å². The van der Waals surface area contributed by atoms with Crippen LogP contribution in [0.3, 0.4) is 0 Å². The summed E-state index contributed by atoms with van der Waals surface area (Å²) < 4.78 is 5.24. The number of nitrogens with one attached hydrogen (secondary N) is 1. The van der Waals surface area contributed by atoms with Gasteiger partial charge < -0.3 is 10.1 Å². The van der Waals surface area contributed by atoms with Crippen LogP contribution in [-0.2, 0) is 16.0 Å². The zero-order valence-corrected chi connectivity index (χ0v) is 11.2. The number of carbonyl (C=O) groups excluding carboxylic acids is 1. The molecule has 4 heteroatoms. The zero-order chi connectivity index (χ0) is 12.7. The molecule has 94 valence electrons. The average Bonchev–Trinajstić information content (AvgIpc) is 2.29. The van der Waals surface area contributed by atoms with Crippen LogP contribution < -0.4 is 5.32 Å². The van der Waals surface area contributed by atoms with Crippen molar-refractivity contribution in [2.45, 2.75) is 31.2 Å². The topological polar surface area (TPSA) is 38.3 Å². The third-order valence-electron chi connectivity index (χ3n) is 2.28. The highest BCUT2D eigenvalue weighted by molar-refractivity contribution is 7.80. The molecule has 0 aliphatic heterocycles. The van der Waals surface area contributed by atoms with Crippen LogP contribution in [0.25, 0.3) is 0 Å². The van der Waals surface area contributed by atoms with Gasteiger partial charge in [0.2, 0.25) is 5.91 Å². The van der Waals surface area contributed by atoms with Gasteiger partial charge in [0, 0.05) is 17.5 Å². The fourth-order valence-corrected chi connectivity index (χ4v) is 1.61. The lowest BCUT2D eigenvalue weighted by atomic mass is 10.1. The van der Waals surface area contributed by atoms with Crippen LogP contribution >= 0.6 is 12.6 Å². The van der Waals surface area contributed by atoms with Crippen molar-refractivity contribution in [1.82, 2.24) is 5.32 Å². The molecule has 0 saturated heterocycles. The molecule has 1 aromatic carbocycles. The first kappa shape index (κ1) is 14.1. The molecule has 0 aliphatic carbocycles. The molecule has 0 spiro atoms. The third kappa shape index (κ3) is 5.75. The molecule has 1 N–H and O–H groups in total. The lowest BCUT2D eigenvalue weighted by Gasteiger charge is -2.13. The Morgan fingerprint density at radius 3 is 2.65 bits per heavy atom. The van der Waals surface area contributed by atoms with E-state index in [1.807, 2.05) is 38.1 Å². The largest absolute Gasteiger partial charge is 0.380 e. The second kappa shape index (κ2) is 7.35. The van der Waals surface area contributed by atoms with Gasteiger partial charge in [-0.15, -0.1) is 12.6 Å². The van der Waals surface area contributed by atoms with Crippen LogP contribution in [0.2, 0.25) is 0 Å². The van der Waals surface area contributed by atoms with Crippen LogP contribution in [-0.4, -0.2) is 25.2 Å². The van der Waals surface area contributed by atoms with Gasteiger partial charge in [-0.3, -0.25) is 4.79 Å². The summed E-state index contributed by atoms with van der Waals surface area (Å²) >= 11 is 4.20. The quantitative estimate of drug-likeness (QED) is 0.762. The fraction of sp³-hybridized carbons (Fsp3) is 0.462. The summed E-state index contributed by atoms with van der Waals surface area (Å²) in [6.07, 6.45) is 0.393. The highest BCUT2D eigenvalue weighted by Crippen LogP contribution is 2.08. The first-order valence-corrected chi connectivity index (χ1v) is 6.21. The van der Waals surface area contributed by atoms with Gasteiger partial charge in [0.1, 0.15) is 0 Å². The Morgan fingerprint density at radius 2 is 2.06 bits per heavy atom. The Morgan fingerprint density at radius 1 is 1.41 bits per heavy atom. The van der Waals surface area contributed by atoms with Crippen molar-refractivity contribution in [3.05, 3.63) is 29.8 Å². The van der Waals surface area contributed by atoms with Crippen molar-refractivity contribution < 1.29 is 9.53 Å². The predicted molar refractivity (Wildman–Crippen MR) is 71.5 cm³/mol. The maximum absolute atomic E-state index is 11.7. The summed E-state index contributed by atoms with van der Waals surface area (Å²) in [6, 6.07) is 7.64. The van der Waals surface area contributed by atoms with Crippen molar-refractivity contribution >= 4 is 18.5 Å². The second-order valence-corrected chi connectivity index (χ2v) is 4.49. The highest BCUT2D eigenvalue weighted by Gasteiger charge is 2.07. The smallest absolute Gasteiger partial charge is 0.224 e. The number of rotatable bonds is 6. The van der Waals surface area contributed by atoms with Gasteiger partial charge in [-0.1, -0.05) is 12.1 Å². The molecule has 1 amide bonds. The number of thiol groups is 1. The number of amides is 1. The van der Waals surface area contributed by atoms with Crippen LogP contribution in [0.4, 0.5) is 0 Å². The molecule has 17 heavy (non-hydrogen) atoms. The summed E-state index contributed by atoms with van der Waals surface area (Å²) in [5.74, 6) is 0.0177. The van der Waals surface area contributed by atoms with E-state index in [1.165, 1.54) is 0 Å². The van der Waals surface area contributed by atoms with E-state index in [0.29, 0.717) is 19.6 Å². The van der Waals surface area contributed by atoms with Crippen molar-refractivity contribution in [2.75, 3.05) is 13.2 Å². The normalized spacial score (nSPS) is 12.2. The molecule has 0 bridgehead atoms. The summed E-state index contributed by atoms with van der Waals surface area (Å²) in [7, 11) is 0. The lowest BCUT2D eigenvalue weighted by Crippen LogP contribution is -2.36. The van der Waals surface area contributed by atoms with E-state index < -0.39 is 0 Å². The Labute approximate surface area is 108 Å². The number of benzene rings is 1. The average molecular weight is 253 g/mol. The fourth-order valence-electron chi connectivity index (χ4n) is 1.46. The molecular formula is C13H19NO2S. The van der Waals surface area contributed by atoms with E-state index in [4.69, 9.17) is 4.74 Å². The number of carbonyl (C=O) groups is 1. The Balaban J connectivity index is 2.36. The summed E-state index contributed by atoms with van der Waals surface area (Å²) in [5.41, 5.74) is 0.990. The minimum absolute atomic E-state index is 0.0177. The second-order valence-electron chi connectivity index (χ2n) is 3.97. The molecule has 0 heterocycles. The molecule has 1 atom stereocenters. The van der Waals surface area contributed by atoms with Gasteiger partial charge in [0.05, 0.1) is 13.0 Å². The lowest BCUT2D eigenvalue weighted by molar-refractivity contribution is -0.121. The number of hydrogen-bond donors (Lipinski definition) is 2. The minimum atomic E-state index is 0.0177. The van der Waals surface area contributed by atoms with Crippen molar-refractivity contribution in [3.8, 4) is 0 Å². The maximum Gasteiger partial charge on any atom is 0.224 e. The molecular weight excluding hydrogens is 234 g/mol. The molecule has 0 radical (unpaired) electrons. The maximum atomic E-state index is 11.7. The van der Waals surface area contributed by atoms with Crippen molar-refractivity contribution in [2.24, 2.45) is 0 Å². The predicted octanol–water partition coefficient (Wildman–Crippen LogP) is 2.06. The highest BCUT2D eigenvalue weighted by atomic mass is 32.1. The third-order valence-corrected chi connectivity index (χ3v) is 2.58. The molecule has 1 aromatic rings. The molecule has 0 aliphatic rings. The first-order valence-electron chi connectivity index (χ1n) is 5.76. The van der Waals surface area contributed by atoms with E-state index in [-0.39, 0.29) is 11.9 Å². The van der Waals surface area contributed by atoms with Crippen LogP contribution in [0.5, 0.6) is 0 Å². The number of hydrogen-bond acceptors (Lipinski definition) is 3. The minimum Gasteiger partial charge on any atom is -0.380 e. The molecule has 0 aromatic heterocycles. The molecule has 0 fully saturated rings. The Kier molecular flexibility index (Phi) is 6.08. The Hall–Kier alpha value is -1.00.